The maximum atomic E-state index is 9.37. The number of para-hydroxylation sites is 1. The standard InChI is InChI=1S/C19H14N4O/c20-19(13-6-9-16(24)10-7-13)14-8-11-17-18(12-14)22-23(21-17)15-4-2-1-3-5-15/h1-12,20,24H. The molecule has 24 heavy (non-hydrogen) atoms. The first kappa shape index (κ1) is 14.1. The molecule has 5 heteroatoms. The number of phenolic OH excluding ortho intramolecular Hbond substituents is 1. The van der Waals surface area contributed by atoms with Crippen LogP contribution in [0.1, 0.15) is 11.1 Å². The largest absolute Gasteiger partial charge is 0.508 e. The van der Waals surface area contributed by atoms with Crippen molar-refractivity contribution in [3.8, 4) is 11.4 Å². The van der Waals surface area contributed by atoms with Crippen LogP contribution in [0.3, 0.4) is 0 Å². The lowest BCUT2D eigenvalue weighted by Gasteiger charge is -2.04. The van der Waals surface area contributed by atoms with E-state index in [-0.39, 0.29) is 5.75 Å². The van der Waals surface area contributed by atoms with Crippen molar-refractivity contribution in [1.29, 1.82) is 5.41 Å². The molecule has 0 amide bonds. The van der Waals surface area contributed by atoms with Crippen LogP contribution < -0.4 is 0 Å². The molecule has 0 aliphatic heterocycles. The van der Waals surface area contributed by atoms with Crippen molar-refractivity contribution in [2.45, 2.75) is 0 Å². The fraction of sp³-hybridized carbons (Fsp3) is 0. The fourth-order valence-corrected chi connectivity index (χ4v) is 2.54. The van der Waals surface area contributed by atoms with Crippen LogP contribution in [0.25, 0.3) is 16.7 Å². The van der Waals surface area contributed by atoms with Crippen LogP contribution in [0.2, 0.25) is 0 Å². The summed E-state index contributed by atoms with van der Waals surface area (Å²) >= 11 is 0. The smallest absolute Gasteiger partial charge is 0.115 e. The normalized spacial score (nSPS) is 10.8. The highest BCUT2D eigenvalue weighted by Gasteiger charge is 2.09. The molecule has 2 N–H and O–H groups in total. The van der Waals surface area contributed by atoms with Crippen LogP contribution in [0.4, 0.5) is 0 Å². The lowest BCUT2D eigenvalue weighted by molar-refractivity contribution is 0.475. The van der Waals surface area contributed by atoms with Crippen LogP contribution in [-0.2, 0) is 0 Å². The SMILES string of the molecule is N=C(c1ccc(O)cc1)c1ccc2nn(-c3ccccc3)nc2c1. The molecule has 0 saturated carbocycles. The van der Waals surface area contributed by atoms with Gasteiger partial charge in [0.2, 0.25) is 0 Å². The van der Waals surface area contributed by atoms with Gasteiger partial charge in [0.15, 0.2) is 0 Å². The average molecular weight is 314 g/mol. The summed E-state index contributed by atoms with van der Waals surface area (Å²) < 4.78 is 0. The van der Waals surface area contributed by atoms with Crippen molar-refractivity contribution in [2.75, 3.05) is 0 Å². The van der Waals surface area contributed by atoms with Crippen molar-refractivity contribution >= 4 is 16.7 Å². The maximum Gasteiger partial charge on any atom is 0.115 e. The summed E-state index contributed by atoms with van der Waals surface area (Å²) in [7, 11) is 0. The minimum atomic E-state index is 0.188. The van der Waals surface area contributed by atoms with Gasteiger partial charge in [0, 0.05) is 11.1 Å². The summed E-state index contributed by atoms with van der Waals surface area (Å²) in [5, 5.41) is 26.7. The number of nitrogens with one attached hydrogen (secondary N) is 1. The molecule has 0 spiro atoms. The third-order valence-electron chi connectivity index (χ3n) is 3.81. The maximum absolute atomic E-state index is 9.37. The van der Waals surface area contributed by atoms with Gasteiger partial charge in [-0.25, -0.2) is 0 Å². The lowest BCUT2D eigenvalue weighted by Crippen LogP contribution is -2.00. The first-order valence-corrected chi connectivity index (χ1v) is 7.51. The number of hydrogen-bond acceptors (Lipinski definition) is 4. The van der Waals surface area contributed by atoms with Crippen LogP contribution >= 0.6 is 0 Å². The Morgan fingerprint density at radius 2 is 1.46 bits per heavy atom. The molecule has 0 saturated heterocycles. The minimum Gasteiger partial charge on any atom is -0.508 e. The van der Waals surface area contributed by atoms with E-state index in [0.29, 0.717) is 5.71 Å². The number of benzene rings is 3. The van der Waals surface area contributed by atoms with Gasteiger partial charge < -0.3 is 5.11 Å². The van der Waals surface area contributed by atoms with E-state index in [1.54, 1.807) is 29.1 Å². The summed E-state index contributed by atoms with van der Waals surface area (Å²) in [6.07, 6.45) is 0. The highest BCUT2D eigenvalue weighted by Crippen LogP contribution is 2.18. The third-order valence-corrected chi connectivity index (χ3v) is 3.81. The summed E-state index contributed by atoms with van der Waals surface area (Å²) in [6, 6.07) is 21.9. The van der Waals surface area contributed by atoms with Crippen molar-refractivity contribution in [1.82, 2.24) is 15.0 Å². The van der Waals surface area contributed by atoms with E-state index < -0.39 is 0 Å². The van der Waals surface area contributed by atoms with Gasteiger partial charge in [-0.1, -0.05) is 24.3 Å². The zero-order valence-corrected chi connectivity index (χ0v) is 12.7. The number of aromatic nitrogens is 3. The second-order valence-corrected chi connectivity index (χ2v) is 5.45. The molecule has 0 aliphatic rings. The number of nitrogens with zero attached hydrogens (tertiary/aromatic N) is 3. The van der Waals surface area contributed by atoms with Gasteiger partial charge in [-0.3, -0.25) is 5.41 Å². The number of phenols is 1. The average Bonchev–Trinajstić information content (AvgIpc) is 3.06. The Hall–Kier alpha value is -3.47. The van der Waals surface area contributed by atoms with Crippen LogP contribution in [0.5, 0.6) is 5.75 Å². The molecule has 0 fully saturated rings. The van der Waals surface area contributed by atoms with Crippen molar-refractivity contribution < 1.29 is 5.11 Å². The zero-order valence-electron chi connectivity index (χ0n) is 12.7. The van der Waals surface area contributed by atoms with Gasteiger partial charge >= 0.3 is 0 Å². The highest BCUT2D eigenvalue weighted by atomic mass is 16.3. The van der Waals surface area contributed by atoms with Crippen molar-refractivity contribution in [2.24, 2.45) is 0 Å². The minimum absolute atomic E-state index is 0.188. The summed E-state index contributed by atoms with van der Waals surface area (Å²) in [4.78, 5) is 1.60. The van der Waals surface area contributed by atoms with E-state index in [1.807, 2.05) is 48.5 Å². The van der Waals surface area contributed by atoms with Gasteiger partial charge in [-0.05, 0) is 48.5 Å². The van der Waals surface area contributed by atoms with Gasteiger partial charge in [0.25, 0.3) is 0 Å². The Morgan fingerprint density at radius 3 is 2.21 bits per heavy atom. The van der Waals surface area contributed by atoms with Crippen LogP contribution in [0.15, 0.2) is 72.8 Å². The van der Waals surface area contributed by atoms with E-state index >= 15 is 0 Å². The Labute approximate surface area is 138 Å². The molecule has 4 rings (SSSR count). The van der Waals surface area contributed by atoms with E-state index in [0.717, 1.165) is 27.8 Å². The molecule has 0 aliphatic carbocycles. The Morgan fingerprint density at radius 1 is 0.792 bits per heavy atom. The summed E-state index contributed by atoms with van der Waals surface area (Å²) in [6.45, 7) is 0. The van der Waals surface area contributed by atoms with E-state index in [2.05, 4.69) is 10.2 Å². The van der Waals surface area contributed by atoms with Crippen LogP contribution in [0, 0.1) is 5.41 Å². The Kier molecular flexibility index (Phi) is 3.31. The van der Waals surface area contributed by atoms with Gasteiger partial charge in [-0.2, -0.15) is 4.80 Å². The quantitative estimate of drug-likeness (QED) is 0.568. The molecule has 0 unspecified atom stereocenters. The molecule has 3 aromatic carbocycles. The number of hydrogen-bond donors (Lipinski definition) is 2. The highest BCUT2D eigenvalue weighted by molar-refractivity contribution is 6.12. The molecule has 4 aromatic rings. The Bertz CT molecular complexity index is 1020. The molecule has 5 nitrogen and oxygen atoms in total. The monoisotopic (exact) mass is 314 g/mol. The molecule has 0 radical (unpaired) electrons. The van der Waals surface area contributed by atoms with Gasteiger partial charge in [0.05, 0.1) is 11.4 Å². The van der Waals surface area contributed by atoms with Crippen molar-refractivity contribution in [3.63, 3.8) is 0 Å². The van der Waals surface area contributed by atoms with E-state index in [4.69, 9.17) is 5.41 Å². The number of fused-ring (bicyclic) bond motifs is 1. The topological polar surface area (TPSA) is 74.8 Å². The predicted molar refractivity (Wildman–Crippen MR) is 92.9 cm³/mol. The second-order valence-electron chi connectivity index (χ2n) is 5.45. The molecular formula is C19H14N4O. The molecular weight excluding hydrogens is 300 g/mol. The summed E-state index contributed by atoms with van der Waals surface area (Å²) in [5.41, 5.74) is 4.28. The third kappa shape index (κ3) is 2.52. The molecule has 1 heterocycles. The van der Waals surface area contributed by atoms with E-state index in [9.17, 15) is 5.11 Å². The van der Waals surface area contributed by atoms with E-state index in [1.165, 1.54) is 0 Å². The molecule has 116 valence electrons. The van der Waals surface area contributed by atoms with Gasteiger partial charge in [0.1, 0.15) is 16.8 Å². The molecule has 1 aromatic heterocycles. The fourth-order valence-electron chi connectivity index (χ4n) is 2.54. The summed E-state index contributed by atoms with van der Waals surface area (Å²) in [5.74, 6) is 0.188. The Balaban J connectivity index is 1.73. The molecule has 0 atom stereocenters. The first-order chi connectivity index (χ1) is 11.7. The second kappa shape index (κ2) is 5.62. The zero-order chi connectivity index (χ0) is 16.5. The molecule has 0 bridgehead atoms. The predicted octanol–water partition coefficient (Wildman–Crippen LogP) is 3.54. The first-order valence-electron chi connectivity index (χ1n) is 7.51. The number of rotatable bonds is 3. The van der Waals surface area contributed by atoms with Crippen LogP contribution in [-0.4, -0.2) is 25.8 Å². The van der Waals surface area contributed by atoms with Gasteiger partial charge in [-0.15, -0.1) is 10.2 Å². The lowest BCUT2D eigenvalue weighted by atomic mass is 10.0. The number of aromatic hydroxyl groups is 1. The van der Waals surface area contributed by atoms with Crippen molar-refractivity contribution in [3.05, 3.63) is 83.9 Å².